The van der Waals surface area contributed by atoms with Crippen LogP contribution in [0.25, 0.3) is 0 Å². The van der Waals surface area contributed by atoms with Gasteiger partial charge < -0.3 is 10.2 Å². The van der Waals surface area contributed by atoms with Gasteiger partial charge in [-0.1, -0.05) is 12.8 Å². The maximum absolute atomic E-state index is 11.5. The summed E-state index contributed by atoms with van der Waals surface area (Å²) in [7, 11) is 0. The molecule has 0 saturated heterocycles. The Labute approximate surface area is 147 Å². The van der Waals surface area contributed by atoms with Crippen LogP contribution in [-0.2, 0) is 11.3 Å². The molecule has 2 heterocycles. The lowest BCUT2D eigenvalue weighted by atomic mass is 9.90. The molecule has 8 nitrogen and oxygen atoms in total. The first-order valence-corrected chi connectivity index (χ1v) is 8.67. The van der Waals surface area contributed by atoms with Crippen molar-refractivity contribution in [3.8, 4) is 0 Å². The molecule has 0 fully saturated rings. The number of rotatable bonds is 9. The summed E-state index contributed by atoms with van der Waals surface area (Å²) in [6.07, 6.45) is 3.34. The second kappa shape index (κ2) is 8.13. The second-order valence-corrected chi connectivity index (χ2v) is 6.44. The van der Waals surface area contributed by atoms with Crippen LogP contribution in [0.1, 0.15) is 55.7 Å². The summed E-state index contributed by atoms with van der Waals surface area (Å²) in [4.78, 5) is 22.7. The number of aryl methyl sites for hydroxylation is 2. The minimum atomic E-state index is -0.970. The Hall–Kier alpha value is -2.38. The van der Waals surface area contributed by atoms with E-state index in [1.54, 1.807) is 18.0 Å². The zero-order valence-electron chi connectivity index (χ0n) is 15.0. The number of unbranched alkanes of at least 4 members (excludes halogenated alkanes) is 2. The van der Waals surface area contributed by atoms with Crippen molar-refractivity contribution in [3.63, 3.8) is 0 Å². The number of carboxylic acids is 2. The number of carboxylic acid groups (broad SMARTS) is 2. The Morgan fingerprint density at radius 1 is 1.20 bits per heavy atom. The van der Waals surface area contributed by atoms with Gasteiger partial charge in [0.05, 0.1) is 5.69 Å². The van der Waals surface area contributed by atoms with Gasteiger partial charge in [-0.3, -0.25) is 9.69 Å². The van der Waals surface area contributed by atoms with E-state index in [4.69, 9.17) is 5.11 Å². The number of aromatic nitrogens is 2. The summed E-state index contributed by atoms with van der Waals surface area (Å²) in [6.45, 7) is 6.71. The van der Waals surface area contributed by atoms with Gasteiger partial charge in [0.15, 0.2) is 6.04 Å². The molecule has 2 rings (SSSR count). The number of hydrogen-bond acceptors (Lipinski definition) is 5. The van der Waals surface area contributed by atoms with E-state index in [-0.39, 0.29) is 11.6 Å². The first-order chi connectivity index (χ1) is 11.8. The van der Waals surface area contributed by atoms with Gasteiger partial charge in [0.2, 0.25) is 0 Å². The third-order valence-electron chi connectivity index (χ3n) is 4.61. The molecule has 0 bridgehead atoms. The number of carbonyl (C=O) groups is 2. The molecule has 1 aromatic heterocycles. The number of likely N-dealkylation sites (N-methyl/N-ethyl adjacent to an activating group) is 1. The van der Waals surface area contributed by atoms with Crippen LogP contribution in [0.15, 0.2) is 11.2 Å². The quantitative estimate of drug-likeness (QED) is 0.661. The second-order valence-electron chi connectivity index (χ2n) is 6.44. The minimum Gasteiger partial charge on any atom is -0.480 e. The Bertz CT molecular complexity index is 668. The van der Waals surface area contributed by atoms with Crippen LogP contribution in [0.3, 0.4) is 0 Å². The molecule has 1 aliphatic rings. The van der Waals surface area contributed by atoms with Gasteiger partial charge in [-0.25, -0.2) is 9.59 Å². The van der Waals surface area contributed by atoms with E-state index >= 15 is 0 Å². The molecule has 8 heteroatoms. The number of hydrogen-bond donors (Lipinski definition) is 2. The zero-order valence-corrected chi connectivity index (χ0v) is 15.0. The van der Waals surface area contributed by atoms with E-state index in [9.17, 15) is 14.7 Å². The third-order valence-corrected chi connectivity index (χ3v) is 4.61. The lowest BCUT2D eigenvalue weighted by Gasteiger charge is -2.23. The van der Waals surface area contributed by atoms with E-state index in [1.165, 1.54) is 4.68 Å². The summed E-state index contributed by atoms with van der Waals surface area (Å²) in [6, 6.07) is 0.995. The molecule has 25 heavy (non-hydrogen) atoms. The highest BCUT2D eigenvalue weighted by atomic mass is 16.4. The molecule has 2 unspecified atom stereocenters. The number of aliphatic carboxylic acids is 1. The Morgan fingerprint density at radius 3 is 2.52 bits per heavy atom. The fourth-order valence-electron chi connectivity index (χ4n) is 3.40. The van der Waals surface area contributed by atoms with E-state index in [1.807, 2.05) is 13.8 Å². The Kier molecular flexibility index (Phi) is 6.17. The molecule has 1 aromatic rings. The molecule has 0 aromatic carbocycles. The molecule has 0 amide bonds. The molecular weight excluding hydrogens is 324 g/mol. The van der Waals surface area contributed by atoms with Crippen LogP contribution >= 0.6 is 0 Å². The highest BCUT2D eigenvalue weighted by molar-refractivity contribution is 5.92. The smallest absolute Gasteiger partial charge is 0.354 e. The SMILES string of the molecule is CCN1N=C(C)C(CCCCCn2nc(C)cc2C(=O)O)C1C(=O)O. The minimum absolute atomic E-state index is 0.0565. The van der Waals surface area contributed by atoms with Crippen molar-refractivity contribution in [2.75, 3.05) is 6.54 Å². The first-order valence-electron chi connectivity index (χ1n) is 8.67. The predicted octanol–water partition coefficient (Wildman–Crippen LogP) is 2.23. The highest BCUT2D eigenvalue weighted by Crippen LogP contribution is 2.27. The van der Waals surface area contributed by atoms with E-state index < -0.39 is 18.0 Å². The molecule has 138 valence electrons. The van der Waals surface area contributed by atoms with Gasteiger partial charge in [0.25, 0.3) is 0 Å². The Morgan fingerprint density at radius 2 is 1.92 bits per heavy atom. The van der Waals surface area contributed by atoms with Crippen molar-refractivity contribution in [3.05, 3.63) is 17.5 Å². The maximum Gasteiger partial charge on any atom is 0.354 e. The van der Waals surface area contributed by atoms with E-state index in [0.29, 0.717) is 18.8 Å². The van der Waals surface area contributed by atoms with Crippen molar-refractivity contribution < 1.29 is 19.8 Å². The molecule has 2 atom stereocenters. The van der Waals surface area contributed by atoms with Crippen LogP contribution in [0.5, 0.6) is 0 Å². The van der Waals surface area contributed by atoms with Gasteiger partial charge in [0.1, 0.15) is 5.69 Å². The largest absolute Gasteiger partial charge is 0.480 e. The predicted molar refractivity (Wildman–Crippen MR) is 92.8 cm³/mol. The van der Waals surface area contributed by atoms with Crippen molar-refractivity contribution in [2.24, 2.45) is 11.0 Å². The van der Waals surface area contributed by atoms with Gasteiger partial charge in [-0.15, -0.1) is 0 Å². The van der Waals surface area contributed by atoms with Crippen LogP contribution in [0.4, 0.5) is 0 Å². The zero-order chi connectivity index (χ0) is 18.6. The lowest BCUT2D eigenvalue weighted by molar-refractivity contribution is -0.143. The molecule has 1 aliphatic heterocycles. The van der Waals surface area contributed by atoms with Crippen molar-refractivity contribution in [1.29, 1.82) is 0 Å². The van der Waals surface area contributed by atoms with Gasteiger partial charge in [-0.05, 0) is 39.7 Å². The normalized spacial score (nSPS) is 20.0. The lowest BCUT2D eigenvalue weighted by Crippen LogP contribution is -2.40. The fourth-order valence-corrected chi connectivity index (χ4v) is 3.40. The monoisotopic (exact) mass is 350 g/mol. The van der Waals surface area contributed by atoms with Crippen molar-refractivity contribution >= 4 is 17.7 Å². The average molecular weight is 350 g/mol. The molecule has 0 saturated carbocycles. The summed E-state index contributed by atoms with van der Waals surface area (Å²) >= 11 is 0. The summed E-state index contributed by atoms with van der Waals surface area (Å²) in [5.41, 5.74) is 1.78. The highest BCUT2D eigenvalue weighted by Gasteiger charge is 2.39. The number of nitrogens with zero attached hydrogens (tertiary/aromatic N) is 4. The number of hydrazone groups is 1. The Balaban J connectivity index is 1.82. The van der Waals surface area contributed by atoms with Crippen molar-refractivity contribution in [2.45, 2.75) is 59.0 Å². The van der Waals surface area contributed by atoms with Gasteiger partial charge in [-0.2, -0.15) is 10.2 Å². The standard InChI is InChI=1S/C17H26N4O4/c1-4-20-15(17(24)25)13(12(3)19-20)8-6-5-7-9-21-14(16(22)23)10-11(2)18-21/h10,13,15H,4-9H2,1-3H3,(H,22,23)(H,24,25). The van der Waals surface area contributed by atoms with E-state index in [2.05, 4.69) is 10.2 Å². The summed E-state index contributed by atoms with van der Waals surface area (Å²) in [5.74, 6) is -1.85. The fraction of sp³-hybridized carbons (Fsp3) is 0.647. The summed E-state index contributed by atoms with van der Waals surface area (Å²) in [5, 5.41) is 28.8. The topological polar surface area (TPSA) is 108 Å². The van der Waals surface area contributed by atoms with Crippen molar-refractivity contribution in [1.82, 2.24) is 14.8 Å². The van der Waals surface area contributed by atoms with Gasteiger partial charge in [0, 0.05) is 24.7 Å². The van der Waals surface area contributed by atoms with Gasteiger partial charge >= 0.3 is 11.9 Å². The first kappa shape index (κ1) is 19.0. The number of aromatic carboxylic acids is 1. The van der Waals surface area contributed by atoms with Crippen LogP contribution in [0, 0.1) is 12.8 Å². The molecule has 2 N–H and O–H groups in total. The van der Waals surface area contributed by atoms with Crippen LogP contribution in [0.2, 0.25) is 0 Å². The summed E-state index contributed by atoms with van der Waals surface area (Å²) < 4.78 is 1.53. The third kappa shape index (κ3) is 4.37. The maximum atomic E-state index is 11.5. The van der Waals surface area contributed by atoms with E-state index in [0.717, 1.165) is 31.4 Å². The molecule has 0 radical (unpaired) electrons. The van der Waals surface area contributed by atoms with Crippen LogP contribution < -0.4 is 0 Å². The van der Waals surface area contributed by atoms with Crippen LogP contribution in [-0.4, -0.2) is 55.2 Å². The molecular formula is C17H26N4O4. The molecule has 0 spiro atoms. The average Bonchev–Trinajstić information content (AvgIpc) is 3.07. The molecule has 0 aliphatic carbocycles.